The maximum Gasteiger partial charge on any atom is 0.137 e. The number of ketones is 1. The Labute approximate surface area is 91.0 Å². The van der Waals surface area contributed by atoms with Crippen LogP contribution in [-0.2, 0) is 9.53 Å². The zero-order valence-corrected chi connectivity index (χ0v) is 9.15. The second-order valence-corrected chi connectivity index (χ2v) is 3.95. The fourth-order valence-electron chi connectivity index (χ4n) is 2.28. The molecule has 1 saturated carbocycles. The maximum atomic E-state index is 11.6. The van der Waals surface area contributed by atoms with E-state index in [1.165, 1.54) is 6.42 Å². The second kappa shape index (κ2) is 5.69. The normalized spacial score (nSPS) is 33.6. The smallest absolute Gasteiger partial charge is 0.137 e. The van der Waals surface area contributed by atoms with Gasteiger partial charge in [0.05, 0.1) is 13.2 Å². The molecule has 1 heterocycles. The molecule has 0 spiro atoms. The lowest BCUT2D eigenvalue weighted by molar-refractivity contribution is -0.126. The first kappa shape index (κ1) is 12.0. The van der Waals surface area contributed by atoms with Crippen molar-refractivity contribution in [3.63, 3.8) is 0 Å². The van der Waals surface area contributed by atoms with E-state index in [0.717, 1.165) is 39.0 Å². The second-order valence-electron chi connectivity index (χ2n) is 3.95. The van der Waals surface area contributed by atoms with Crippen LogP contribution >= 0.6 is 12.4 Å². The van der Waals surface area contributed by atoms with Gasteiger partial charge < -0.3 is 10.1 Å². The molecule has 1 saturated heterocycles. The van der Waals surface area contributed by atoms with Crippen molar-refractivity contribution in [1.82, 2.24) is 5.32 Å². The molecule has 0 aromatic rings. The summed E-state index contributed by atoms with van der Waals surface area (Å²) in [4.78, 5) is 11.6. The molecule has 4 heteroatoms. The van der Waals surface area contributed by atoms with Crippen LogP contribution in [-0.4, -0.2) is 31.6 Å². The number of halogens is 1. The minimum absolute atomic E-state index is 0. The first-order valence-electron chi connectivity index (χ1n) is 5.22. The largest absolute Gasteiger partial charge is 0.378 e. The number of carbonyl (C=O) groups excluding carboxylic acids is 1. The third kappa shape index (κ3) is 2.69. The Bertz CT molecular complexity index is 193. The van der Waals surface area contributed by atoms with Crippen LogP contribution in [0, 0.1) is 5.92 Å². The SMILES string of the molecule is Cl.O=C1CCCCC1C1COCCN1. The molecule has 0 amide bonds. The van der Waals surface area contributed by atoms with Gasteiger partial charge in [0.25, 0.3) is 0 Å². The van der Waals surface area contributed by atoms with Gasteiger partial charge in [-0.3, -0.25) is 4.79 Å². The van der Waals surface area contributed by atoms with E-state index < -0.39 is 0 Å². The summed E-state index contributed by atoms with van der Waals surface area (Å²) in [5.41, 5.74) is 0. The standard InChI is InChI=1S/C10H17NO2.ClH/c12-10-4-2-1-3-8(10)9-7-13-6-5-11-9;/h8-9,11H,1-7H2;1H. The predicted molar refractivity (Wildman–Crippen MR) is 56.8 cm³/mol. The van der Waals surface area contributed by atoms with Crippen LogP contribution in [0.15, 0.2) is 0 Å². The van der Waals surface area contributed by atoms with Crippen LogP contribution in [0.25, 0.3) is 0 Å². The van der Waals surface area contributed by atoms with Crippen LogP contribution in [0.5, 0.6) is 0 Å². The molecule has 0 radical (unpaired) electrons. The van der Waals surface area contributed by atoms with Gasteiger partial charge in [0.1, 0.15) is 5.78 Å². The predicted octanol–water partition coefficient (Wildman–Crippen LogP) is 1.16. The van der Waals surface area contributed by atoms with Crippen molar-refractivity contribution < 1.29 is 9.53 Å². The number of ether oxygens (including phenoxy) is 1. The minimum Gasteiger partial charge on any atom is -0.378 e. The summed E-state index contributed by atoms with van der Waals surface area (Å²) in [6, 6.07) is 0.293. The molecule has 0 aromatic carbocycles. The molecule has 3 nitrogen and oxygen atoms in total. The van der Waals surface area contributed by atoms with E-state index in [9.17, 15) is 4.79 Å². The fraction of sp³-hybridized carbons (Fsp3) is 0.900. The Kier molecular flexibility index (Phi) is 4.85. The molecule has 1 aliphatic heterocycles. The Balaban J connectivity index is 0.000000980. The summed E-state index contributed by atoms with van der Waals surface area (Å²) in [7, 11) is 0. The maximum absolute atomic E-state index is 11.6. The highest BCUT2D eigenvalue weighted by atomic mass is 35.5. The van der Waals surface area contributed by atoms with Crippen molar-refractivity contribution in [1.29, 1.82) is 0 Å². The molecule has 2 fully saturated rings. The highest BCUT2D eigenvalue weighted by Crippen LogP contribution is 2.24. The van der Waals surface area contributed by atoms with Gasteiger partial charge in [0.15, 0.2) is 0 Å². The summed E-state index contributed by atoms with van der Waals surface area (Å²) >= 11 is 0. The third-order valence-corrected chi connectivity index (χ3v) is 3.04. The van der Waals surface area contributed by atoms with Gasteiger partial charge in [-0.2, -0.15) is 0 Å². The van der Waals surface area contributed by atoms with Crippen molar-refractivity contribution in [3.8, 4) is 0 Å². The number of hydrogen-bond donors (Lipinski definition) is 1. The molecule has 0 aromatic heterocycles. The number of carbonyl (C=O) groups is 1. The monoisotopic (exact) mass is 219 g/mol. The molecule has 0 bridgehead atoms. The molecule has 2 aliphatic rings. The van der Waals surface area contributed by atoms with Crippen molar-refractivity contribution in [3.05, 3.63) is 0 Å². The zero-order valence-electron chi connectivity index (χ0n) is 8.33. The Morgan fingerprint density at radius 3 is 2.86 bits per heavy atom. The first-order valence-corrected chi connectivity index (χ1v) is 5.22. The van der Waals surface area contributed by atoms with Gasteiger partial charge in [-0.1, -0.05) is 6.42 Å². The van der Waals surface area contributed by atoms with E-state index in [1.54, 1.807) is 0 Å². The molecular formula is C10H18ClNO2. The van der Waals surface area contributed by atoms with E-state index in [2.05, 4.69) is 5.32 Å². The molecule has 2 unspecified atom stereocenters. The third-order valence-electron chi connectivity index (χ3n) is 3.04. The number of hydrogen-bond acceptors (Lipinski definition) is 3. The summed E-state index contributed by atoms with van der Waals surface area (Å²) in [6.45, 7) is 2.41. The summed E-state index contributed by atoms with van der Waals surface area (Å²) < 4.78 is 5.37. The van der Waals surface area contributed by atoms with Crippen LogP contribution in [0.4, 0.5) is 0 Å². The van der Waals surface area contributed by atoms with E-state index in [4.69, 9.17) is 4.74 Å². The van der Waals surface area contributed by atoms with Gasteiger partial charge in [0, 0.05) is 24.9 Å². The number of morpholine rings is 1. The fourth-order valence-corrected chi connectivity index (χ4v) is 2.28. The molecule has 2 rings (SSSR count). The molecule has 14 heavy (non-hydrogen) atoms. The average molecular weight is 220 g/mol. The molecule has 82 valence electrons. The van der Waals surface area contributed by atoms with Crippen LogP contribution in [0.3, 0.4) is 0 Å². The van der Waals surface area contributed by atoms with Crippen molar-refractivity contribution in [2.45, 2.75) is 31.7 Å². The lowest BCUT2D eigenvalue weighted by Gasteiger charge is -2.32. The Hall–Kier alpha value is -0.120. The molecular weight excluding hydrogens is 202 g/mol. The van der Waals surface area contributed by atoms with Crippen molar-refractivity contribution in [2.75, 3.05) is 19.8 Å². The van der Waals surface area contributed by atoms with Gasteiger partial charge in [-0.05, 0) is 12.8 Å². The quantitative estimate of drug-likeness (QED) is 0.719. The molecule has 1 N–H and O–H groups in total. The number of nitrogens with one attached hydrogen (secondary N) is 1. The van der Waals surface area contributed by atoms with Crippen molar-refractivity contribution >= 4 is 18.2 Å². The minimum atomic E-state index is 0. The van der Waals surface area contributed by atoms with E-state index in [1.807, 2.05) is 0 Å². The molecule has 1 aliphatic carbocycles. The summed E-state index contributed by atoms with van der Waals surface area (Å²) in [5.74, 6) is 0.670. The highest BCUT2D eigenvalue weighted by molar-refractivity contribution is 5.85. The summed E-state index contributed by atoms with van der Waals surface area (Å²) in [5, 5.41) is 3.37. The lowest BCUT2D eigenvalue weighted by Crippen LogP contribution is -2.49. The zero-order chi connectivity index (χ0) is 9.10. The van der Waals surface area contributed by atoms with Gasteiger partial charge in [-0.15, -0.1) is 12.4 Å². The van der Waals surface area contributed by atoms with E-state index in [0.29, 0.717) is 11.8 Å². The highest BCUT2D eigenvalue weighted by Gasteiger charge is 2.31. The number of rotatable bonds is 1. The Morgan fingerprint density at radius 2 is 2.21 bits per heavy atom. The van der Waals surface area contributed by atoms with Gasteiger partial charge in [-0.25, -0.2) is 0 Å². The van der Waals surface area contributed by atoms with Crippen molar-refractivity contribution in [2.24, 2.45) is 5.92 Å². The van der Waals surface area contributed by atoms with E-state index in [-0.39, 0.29) is 18.3 Å². The Morgan fingerprint density at radius 1 is 1.36 bits per heavy atom. The lowest BCUT2D eigenvalue weighted by atomic mass is 9.83. The van der Waals surface area contributed by atoms with Crippen LogP contribution in [0.1, 0.15) is 25.7 Å². The summed E-state index contributed by atoms with van der Waals surface area (Å²) in [6.07, 6.45) is 4.13. The molecule has 2 atom stereocenters. The first-order chi connectivity index (χ1) is 6.38. The van der Waals surface area contributed by atoms with Crippen LogP contribution in [0.2, 0.25) is 0 Å². The van der Waals surface area contributed by atoms with Gasteiger partial charge in [0.2, 0.25) is 0 Å². The average Bonchev–Trinajstić information content (AvgIpc) is 2.20. The van der Waals surface area contributed by atoms with Gasteiger partial charge >= 0.3 is 0 Å². The van der Waals surface area contributed by atoms with Crippen LogP contribution < -0.4 is 5.32 Å². The van der Waals surface area contributed by atoms with E-state index >= 15 is 0 Å². The number of Topliss-reactive ketones (excluding diaryl/α,β-unsaturated/α-hetero) is 1. The topological polar surface area (TPSA) is 38.3 Å².